The number of carboxylic acid groups (broad SMARTS) is 1. The topological polar surface area (TPSA) is 75.6 Å². The van der Waals surface area contributed by atoms with Crippen LogP contribution in [0.3, 0.4) is 0 Å². The first kappa shape index (κ1) is 15.4. The van der Waals surface area contributed by atoms with Crippen LogP contribution in [-0.4, -0.2) is 24.1 Å². The monoisotopic (exact) mass is 291 g/mol. The molecule has 2 N–H and O–H groups in total. The maximum atomic E-state index is 12.3. The second-order valence-electron chi connectivity index (χ2n) is 5.39. The summed E-state index contributed by atoms with van der Waals surface area (Å²) in [7, 11) is 1.51. The van der Waals surface area contributed by atoms with Gasteiger partial charge < -0.3 is 15.2 Å². The number of methoxy groups -OCH3 is 1. The van der Waals surface area contributed by atoms with Gasteiger partial charge in [-0.05, 0) is 25.0 Å². The van der Waals surface area contributed by atoms with E-state index in [1.807, 2.05) is 0 Å². The summed E-state index contributed by atoms with van der Waals surface area (Å²) in [5, 5.41) is 12.0. The highest BCUT2D eigenvalue weighted by Gasteiger charge is 2.22. The molecule has 1 saturated carbocycles. The second-order valence-corrected chi connectivity index (χ2v) is 5.39. The maximum Gasteiger partial charge on any atom is 0.337 e. The van der Waals surface area contributed by atoms with Gasteiger partial charge in [-0.1, -0.05) is 25.7 Å². The summed E-state index contributed by atoms with van der Waals surface area (Å²) in [4.78, 5) is 23.6. The number of carbonyl (C=O) groups is 2. The molecule has 0 aromatic heterocycles. The van der Waals surface area contributed by atoms with Gasteiger partial charge in [-0.15, -0.1) is 0 Å². The van der Waals surface area contributed by atoms with E-state index in [9.17, 15) is 14.7 Å². The smallest absolute Gasteiger partial charge is 0.337 e. The van der Waals surface area contributed by atoms with Gasteiger partial charge in [0.1, 0.15) is 5.75 Å². The van der Waals surface area contributed by atoms with Crippen molar-refractivity contribution in [2.45, 2.75) is 38.5 Å². The van der Waals surface area contributed by atoms with E-state index >= 15 is 0 Å². The van der Waals surface area contributed by atoms with Gasteiger partial charge >= 0.3 is 5.97 Å². The summed E-state index contributed by atoms with van der Waals surface area (Å²) in [6.45, 7) is 0. The van der Waals surface area contributed by atoms with E-state index in [0.717, 1.165) is 25.7 Å². The molecule has 1 aromatic rings. The van der Waals surface area contributed by atoms with Crippen molar-refractivity contribution >= 4 is 17.6 Å². The van der Waals surface area contributed by atoms with E-state index in [4.69, 9.17) is 4.74 Å². The molecule has 1 aromatic carbocycles. The fraction of sp³-hybridized carbons (Fsp3) is 0.500. The van der Waals surface area contributed by atoms with Crippen molar-refractivity contribution in [1.82, 2.24) is 0 Å². The van der Waals surface area contributed by atoms with Gasteiger partial charge in [0, 0.05) is 12.0 Å². The van der Waals surface area contributed by atoms with E-state index in [1.165, 1.54) is 26.0 Å². The average molecular weight is 291 g/mol. The van der Waals surface area contributed by atoms with Crippen LogP contribution in [0, 0.1) is 5.92 Å². The van der Waals surface area contributed by atoms with Crippen LogP contribution < -0.4 is 10.1 Å². The van der Waals surface area contributed by atoms with Gasteiger partial charge in [0.2, 0.25) is 5.91 Å². The van der Waals surface area contributed by atoms with Gasteiger partial charge in [0.25, 0.3) is 0 Å². The fourth-order valence-corrected chi connectivity index (χ4v) is 2.72. The number of amides is 1. The number of anilines is 1. The highest BCUT2D eigenvalue weighted by atomic mass is 16.5. The van der Waals surface area contributed by atoms with Crippen LogP contribution in [-0.2, 0) is 4.79 Å². The molecule has 21 heavy (non-hydrogen) atoms. The molecule has 1 amide bonds. The molecule has 0 heterocycles. The molecule has 0 radical (unpaired) electrons. The average Bonchev–Trinajstić information content (AvgIpc) is 2.76. The van der Waals surface area contributed by atoms with Crippen molar-refractivity contribution in [1.29, 1.82) is 0 Å². The van der Waals surface area contributed by atoms with Crippen LogP contribution in [0.5, 0.6) is 5.75 Å². The van der Waals surface area contributed by atoms with E-state index in [0.29, 0.717) is 11.4 Å². The maximum absolute atomic E-state index is 12.3. The van der Waals surface area contributed by atoms with Crippen molar-refractivity contribution in [3.05, 3.63) is 23.8 Å². The quantitative estimate of drug-likeness (QED) is 0.835. The number of rotatable bonds is 4. The minimum absolute atomic E-state index is 0.0275. The van der Waals surface area contributed by atoms with Crippen LogP contribution in [0.15, 0.2) is 18.2 Å². The summed E-state index contributed by atoms with van der Waals surface area (Å²) < 4.78 is 5.09. The molecule has 0 aliphatic heterocycles. The summed E-state index contributed by atoms with van der Waals surface area (Å²) in [5.41, 5.74) is 0.383. The number of benzene rings is 1. The highest BCUT2D eigenvalue weighted by Crippen LogP contribution is 2.27. The Hall–Kier alpha value is -2.04. The SMILES string of the molecule is COc1ccc(C(=O)O)c(NC(=O)C2CCCCCC2)c1. The Bertz CT molecular complexity index is 519. The molecular formula is C16H21NO4. The van der Waals surface area contributed by atoms with Gasteiger partial charge in [-0.2, -0.15) is 0 Å². The summed E-state index contributed by atoms with van der Waals surface area (Å²) in [6, 6.07) is 4.58. The Morgan fingerprint density at radius 3 is 2.43 bits per heavy atom. The molecule has 0 atom stereocenters. The van der Waals surface area contributed by atoms with E-state index < -0.39 is 5.97 Å². The standard InChI is InChI=1S/C16H21NO4/c1-21-12-8-9-13(16(19)20)14(10-12)17-15(18)11-6-4-2-3-5-7-11/h8-11H,2-7H2,1H3,(H,17,18)(H,19,20). The second kappa shape index (κ2) is 7.11. The first-order valence-corrected chi connectivity index (χ1v) is 7.34. The Morgan fingerprint density at radius 1 is 1.19 bits per heavy atom. The predicted octanol–water partition coefficient (Wildman–Crippen LogP) is 3.30. The Balaban J connectivity index is 2.16. The third-order valence-electron chi connectivity index (χ3n) is 3.94. The largest absolute Gasteiger partial charge is 0.497 e. The normalized spacial score (nSPS) is 16.0. The van der Waals surface area contributed by atoms with Crippen LogP contribution in [0.1, 0.15) is 48.9 Å². The van der Waals surface area contributed by atoms with Crippen molar-refractivity contribution in [3.8, 4) is 5.75 Å². The van der Waals surface area contributed by atoms with Gasteiger partial charge in [-0.25, -0.2) is 4.79 Å². The van der Waals surface area contributed by atoms with Crippen LogP contribution >= 0.6 is 0 Å². The molecule has 0 bridgehead atoms. The minimum atomic E-state index is -1.06. The van der Waals surface area contributed by atoms with Gasteiger partial charge in [0.15, 0.2) is 0 Å². The molecule has 0 saturated heterocycles. The molecule has 5 nitrogen and oxygen atoms in total. The number of carboxylic acids is 1. The van der Waals surface area contributed by atoms with E-state index in [1.54, 1.807) is 12.1 Å². The Morgan fingerprint density at radius 2 is 1.86 bits per heavy atom. The molecular weight excluding hydrogens is 270 g/mol. The molecule has 114 valence electrons. The molecule has 0 unspecified atom stereocenters. The lowest BCUT2D eigenvalue weighted by atomic mass is 9.99. The van der Waals surface area contributed by atoms with Crippen LogP contribution in [0.25, 0.3) is 0 Å². The van der Waals surface area contributed by atoms with E-state index in [2.05, 4.69) is 5.32 Å². The predicted molar refractivity (Wildman–Crippen MR) is 79.8 cm³/mol. The number of hydrogen-bond donors (Lipinski definition) is 2. The molecule has 1 aliphatic carbocycles. The lowest BCUT2D eigenvalue weighted by Gasteiger charge is -2.16. The number of aromatic carboxylic acids is 1. The van der Waals surface area contributed by atoms with Crippen LogP contribution in [0.4, 0.5) is 5.69 Å². The van der Waals surface area contributed by atoms with Gasteiger partial charge in [-0.3, -0.25) is 4.79 Å². The first-order valence-electron chi connectivity index (χ1n) is 7.34. The number of nitrogens with one attached hydrogen (secondary N) is 1. The van der Waals surface area contributed by atoms with Crippen molar-refractivity contribution in [2.24, 2.45) is 5.92 Å². The zero-order valence-corrected chi connectivity index (χ0v) is 12.2. The third kappa shape index (κ3) is 3.97. The lowest BCUT2D eigenvalue weighted by molar-refractivity contribution is -0.120. The Kier molecular flexibility index (Phi) is 5.20. The number of hydrogen-bond acceptors (Lipinski definition) is 3. The first-order chi connectivity index (χ1) is 10.1. The minimum Gasteiger partial charge on any atom is -0.497 e. The fourth-order valence-electron chi connectivity index (χ4n) is 2.72. The van der Waals surface area contributed by atoms with Crippen LogP contribution in [0.2, 0.25) is 0 Å². The summed E-state index contributed by atoms with van der Waals surface area (Å²) in [5.74, 6) is -0.655. The highest BCUT2D eigenvalue weighted by molar-refractivity contribution is 6.01. The van der Waals surface area contributed by atoms with Crippen molar-refractivity contribution in [3.63, 3.8) is 0 Å². The van der Waals surface area contributed by atoms with Crippen molar-refractivity contribution < 1.29 is 19.4 Å². The molecule has 5 heteroatoms. The molecule has 1 fully saturated rings. The molecule has 0 spiro atoms. The van der Waals surface area contributed by atoms with Gasteiger partial charge in [0.05, 0.1) is 18.4 Å². The van der Waals surface area contributed by atoms with Crippen molar-refractivity contribution in [2.75, 3.05) is 12.4 Å². The number of ether oxygens (including phenoxy) is 1. The summed E-state index contributed by atoms with van der Waals surface area (Å²) >= 11 is 0. The zero-order chi connectivity index (χ0) is 15.2. The third-order valence-corrected chi connectivity index (χ3v) is 3.94. The molecule has 2 rings (SSSR count). The van der Waals surface area contributed by atoms with E-state index in [-0.39, 0.29) is 17.4 Å². The Labute approximate surface area is 124 Å². The summed E-state index contributed by atoms with van der Waals surface area (Å²) in [6.07, 6.45) is 6.20. The zero-order valence-electron chi connectivity index (χ0n) is 12.2. The lowest BCUT2D eigenvalue weighted by Crippen LogP contribution is -2.23. The molecule has 1 aliphatic rings. The number of carbonyl (C=O) groups excluding carboxylic acids is 1.